The molecule has 3 atom stereocenters. The lowest BCUT2D eigenvalue weighted by Crippen LogP contribution is -2.59. The Balaban J connectivity index is 1.88. The fraction of sp³-hybridized carbons (Fsp3) is 0.538. The van der Waals surface area contributed by atoms with Crippen molar-refractivity contribution in [3.8, 4) is 5.75 Å². The Morgan fingerprint density at radius 3 is 2.65 bits per heavy atom. The van der Waals surface area contributed by atoms with Crippen LogP contribution in [0.3, 0.4) is 0 Å². The summed E-state index contributed by atoms with van der Waals surface area (Å²) in [5.74, 6) is 0.816. The predicted octanol–water partition coefficient (Wildman–Crippen LogP) is 2.61. The van der Waals surface area contributed by atoms with Gasteiger partial charge < -0.3 is 15.2 Å². The van der Waals surface area contributed by atoms with Crippen molar-refractivity contribution in [1.82, 2.24) is 0 Å². The van der Waals surface area contributed by atoms with Gasteiger partial charge in [0.2, 0.25) is 0 Å². The third-order valence-corrected chi connectivity index (χ3v) is 3.16. The van der Waals surface area contributed by atoms with Crippen LogP contribution in [0.4, 0.5) is 0 Å². The van der Waals surface area contributed by atoms with Crippen molar-refractivity contribution in [3.63, 3.8) is 0 Å². The van der Waals surface area contributed by atoms with Crippen LogP contribution in [0.25, 0.3) is 0 Å². The Hall–Kier alpha value is -0.770. The average Bonchev–Trinajstić information content (AvgIpc) is 2.31. The van der Waals surface area contributed by atoms with Crippen molar-refractivity contribution in [2.24, 2.45) is 5.73 Å². The van der Waals surface area contributed by atoms with Gasteiger partial charge in [0.25, 0.3) is 0 Å². The number of hydrogen-bond acceptors (Lipinski definition) is 3. The maximum atomic E-state index is 5.91. The lowest BCUT2D eigenvalue weighted by Gasteiger charge is -2.41. The molecule has 0 bridgehead atoms. The molecule has 0 saturated heterocycles. The van der Waals surface area contributed by atoms with Crippen LogP contribution in [0.5, 0.6) is 5.75 Å². The molecule has 0 radical (unpaired) electrons. The van der Waals surface area contributed by atoms with Crippen LogP contribution >= 0.6 is 11.6 Å². The Kier molecular flexibility index (Phi) is 4.26. The van der Waals surface area contributed by atoms with E-state index in [-0.39, 0.29) is 18.2 Å². The molecule has 1 fully saturated rings. The van der Waals surface area contributed by atoms with E-state index >= 15 is 0 Å². The van der Waals surface area contributed by atoms with Gasteiger partial charge in [-0.05, 0) is 30.7 Å². The van der Waals surface area contributed by atoms with E-state index in [2.05, 4.69) is 6.92 Å². The molecule has 1 aliphatic carbocycles. The molecule has 4 heteroatoms. The first-order valence-corrected chi connectivity index (χ1v) is 6.38. The summed E-state index contributed by atoms with van der Waals surface area (Å²) in [5, 5.41) is 0.710. The monoisotopic (exact) mass is 255 g/mol. The summed E-state index contributed by atoms with van der Waals surface area (Å²) < 4.78 is 11.5. The Morgan fingerprint density at radius 2 is 2.06 bits per heavy atom. The lowest BCUT2D eigenvalue weighted by molar-refractivity contribution is -0.0980. The molecule has 1 saturated carbocycles. The van der Waals surface area contributed by atoms with Crippen LogP contribution in [0.1, 0.15) is 19.8 Å². The predicted molar refractivity (Wildman–Crippen MR) is 68.5 cm³/mol. The van der Waals surface area contributed by atoms with E-state index in [1.807, 2.05) is 24.3 Å². The molecule has 3 unspecified atom stereocenters. The number of nitrogens with two attached hydrogens (primary N) is 1. The molecular formula is C13H18ClNO2. The minimum atomic E-state index is 0.0191. The van der Waals surface area contributed by atoms with E-state index < -0.39 is 0 Å². The zero-order valence-corrected chi connectivity index (χ0v) is 10.7. The van der Waals surface area contributed by atoms with Gasteiger partial charge in [0.05, 0.1) is 0 Å². The molecule has 0 spiro atoms. The van der Waals surface area contributed by atoms with E-state index in [4.69, 9.17) is 26.8 Å². The first-order chi connectivity index (χ1) is 8.20. The van der Waals surface area contributed by atoms with Crippen LogP contribution in [0.15, 0.2) is 24.3 Å². The molecule has 1 aromatic rings. The third kappa shape index (κ3) is 3.12. The second kappa shape index (κ2) is 5.71. The second-order valence-corrected chi connectivity index (χ2v) is 4.78. The highest BCUT2D eigenvalue weighted by Gasteiger charge is 2.41. The van der Waals surface area contributed by atoms with E-state index in [9.17, 15) is 0 Å². The SMILES string of the molecule is CCCOC1C(N)CC1Oc1ccc(Cl)cc1. The quantitative estimate of drug-likeness (QED) is 0.880. The number of ether oxygens (including phenoxy) is 2. The van der Waals surface area contributed by atoms with Crippen molar-refractivity contribution in [2.75, 3.05) is 6.61 Å². The van der Waals surface area contributed by atoms with Crippen LogP contribution in [-0.4, -0.2) is 24.9 Å². The van der Waals surface area contributed by atoms with Crippen molar-refractivity contribution in [3.05, 3.63) is 29.3 Å². The fourth-order valence-corrected chi connectivity index (χ4v) is 2.03. The molecule has 2 N–H and O–H groups in total. The molecule has 1 aromatic carbocycles. The summed E-state index contributed by atoms with van der Waals surface area (Å²) in [7, 11) is 0. The molecule has 2 rings (SSSR count). The second-order valence-electron chi connectivity index (χ2n) is 4.35. The Morgan fingerprint density at radius 1 is 1.35 bits per heavy atom. The Labute approximate surface area is 107 Å². The first kappa shape index (κ1) is 12.7. The third-order valence-electron chi connectivity index (χ3n) is 2.91. The van der Waals surface area contributed by atoms with Gasteiger partial charge in [-0.2, -0.15) is 0 Å². The number of halogens is 1. The van der Waals surface area contributed by atoms with E-state index in [1.54, 1.807) is 0 Å². The lowest BCUT2D eigenvalue weighted by atomic mass is 9.86. The van der Waals surface area contributed by atoms with Crippen LogP contribution in [0, 0.1) is 0 Å². The van der Waals surface area contributed by atoms with Crippen molar-refractivity contribution in [2.45, 2.75) is 38.0 Å². The van der Waals surface area contributed by atoms with E-state index in [0.717, 1.165) is 25.2 Å². The van der Waals surface area contributed by atoms with Crippen LogP contribution in [-0.2, 0) is 4.74 Å². The largest absolute Gasteiger partial charge is 0.488 e. The van der Waals surface area contributed by atoms with Gasteiger partial charge >= 0.3 is 0 Å². The molecular weight excluding hydrogens is 238 g/mol. The molecule has 0 aliphatic heterocycles. The average molecular weight is 256 g/mol. The van der Waals surface area contributed by atoms with E-state index in [0.29, 0.717) is 5.02 Å². The van der Waals surface area contributed by atoms with Gasteiger partial charge in [0.1, 0.15) is 18.0 Å². The van der Waals surface area contributed by atoms with Gasteiger partial charge in [-0.3, -0.25) is 0 Å². The topological polar surface area (TPSA) is 44.5 Å². The minimum Gasteiger partial charge on any atom is -0.488 e. The molecule has 3 nitrogen and oxygen atoms in total. The first-order valence-electron chi connectivity index (χ1n) is 6.00. The van der Waals surface area contributed by atoms with Crippen LogP contribution in [0.2, 0.25) is 5.02 Å². The summed E-state index contributed by atoms with van der Waals surface area (Å²) >= 11 is 5.82. The van der Waals surface area contributed by atoms with Crippen LogP contribution < -0.4 is 10.5 Å². The molecule has 94 valence electrons. The zero-order valence-electron chi connectivity index (χ0n) is 9.93. The smallest absolute Gasteiger partial charge is 0.128 e. The van der Waals surface area contributed by atoms with Gasteiger partial charge in [-0.15, -0.1) is 0 Å². The van der Waals surface area contributed by atoms with Gasteiger partial charge in [0, 0.05) is 24.1 Å². The maximum absolute atomic E-state index is 5.91. The van der Waals surface area contributed by atoms with Gasteiger partial charge in [-0.1, -0.05) is 18.5 Å². The molecule has 0 aromatic heterocycles. The summed E-state index contributed by atoms with van der Waals surface area (Å²) in [4.78, 5) is 0. The standard InChI is InChI=1S/C13H18ClNO2/c1-2-7-16-13-11(15)8-12(13)17-10-5-3-9(14)4-6-10/h3-6,11-13H,2,7-8,15H2,1H3. The summed E-state index contributed by atoms with van der Waals surface area (Å²) in [6.07, 6.45) is 1.93. The number of hydrogen-bond donors (Lipinski definition) is 1. The fourth-order valence-electron chi connectivity index (χ4n) is 1.90. The van der Waals surface area contributed by atoms with Gasteiger partial charge in [-0.25, -0.2) is 0 Å². The highest BCUT2D eigenvalue weighted by atomic mass is 35.5. The summed E-state index contributed by atoms with van der Waals surface area (Å²) in [6.45, 7) is 2.82. The molecule has 0 heterocycles. The minimum absolute atomic E-state index is 0.0191. The molecule has 1 aliphatic rings. The van der Waals surface area contributed by atoms with Gasteiger partial charge in [0.15, 0.2) is 0 Å². The van der Waals surface area contributed by atoms with Crippen molar-refractivity contribution in [1.29, 1.82) is 0 Å². The van der Waals surface area contributed by atoms with Crippen molar-refractivity contribution >= 4 is 11.6 Å². The number of rotatable bonds is 5. The van der Waals surface area contributed by atoms with E-state index in [1.165, 1.54) is 0 Å². The van der Waals surface area contributed by atoms with Crippen molar-refractivity contribution < 1.29 is 9.47 Å². The molecule has 0 amide bonds. The zero-order chi connectivity index (χ0) is 12.3. The molecule has 17 heavy (non-hydrogen) atoms. The maximum Gasteiger partial charge on any atom is 0.128 e. The Bertz CT molecular complexity index is 355. The highest BCUT2D eigenvalue weighted by Crippen LogP contribution is 2.28. The summed E-state index contributed by atoms with van der Waals surface area (Å²) in [6, 6.07) is 7.46. The highest BCUT2D eigenvalue weighted by molar-refractivity contribution is 6.30. The number of benzene rings is 1. The normalized spacial score (nSPS) is 27.6. The summed E-state index contributed by atoms with van der Waals surface area (Å²) in [5.41, 5.74) is 5.91.